The summed E-state index contributed by atoms with van der Waals surface area (Å²) in [7, 11) is 0. The number of nitrogens with one attached hydrogen (secondary N) is 1. The van der Waals surface area contributed by atoms with Gasteiger partial charge in [0.2, 0.25) is 0 Å². The number of benzene rings is 1. The Bertz CT molecular complexity index is 684. The molecule has 0 fully saturated rings. The minimum absolute atomic E-state index is 0.449. The van der Waals surface area contributed by atoms with Crippen LogP contribution < -0.4 is 5.32 Å². The molecule has 0 aliphatic carbocycles. The molecule has 0 aliphatic rings. The third kappa shape index (κ3) is 2.45. The number of aromatic nitrogens is 2. The van der Waals surface area contributed by atoms with Gasteiger partial charge in [-0.1, -0.05) is 32.0 Å². The molecule has 96 valence electrons. The lowest BCUT2D eigenvalue weighted by atomic mass is 10.2. The number of hydrogen-bond acceptors (Lipinski definition) is 2. The van der Waals surface area contributed by atoms with Crippen molar-refractivity contribution in [2.24, 2.45) is 0 Å². The van der Waals surface area contributed by atoms with Gasteiger partial charge in [-0.2, -0.15) is 0 Å². The highest BCUT2D eigenvalue weighted by Crippen LogP contribution is 2.19. The maximum atomic E-state index is 4.60. The van der Waals surface area contributed by atoms with Crippen molar-refractivity contribution < 1.29 is 0 Å². The monoisotopic (exact) mass is 251 g/mol. The largest absolute Gasteiger partial charge is 0.354 e. The summed E-state index contributed by atoms with van der Waals surface area (Å²) in [5, 5.41) is 3.39. The van der Waals surface area contributed by atoms with Gasteiger partial charge in [0.05, 0.1) is 11.4 Å². The van der Waals surface area contributed by atoms with Crippen molar-refractivity contribution in [3.05, 3.63) is 60.6 Å². The van der Waals surface area contributed by atoms with Crippen molar-refractivity contribution in [2.45, 2.75) is 19.8 Å². The lowest BCUT2D eigenvalue weighted by Crippen LogP contribution is -1.92. The van der Waals surface area contributed by atoms with E-state index in [9.17, 15) is 0 Å². The number of para-hydroxylation sites is 1. The molecule has 0 aliphatic heterocycles. The van der Waals surface area contributed by atoms with Crippen LogP contribution >= 0.6 is 0 Å². The summed E-state index contributed by atoms with van der Waals surface area (Å²) in [5.74, 6) is 0.449. The number of hydrogen-bond donors (Lipinski definition) is 1. The highest BCUT2D eigenvalue weighted by atomic mass is 15.0. The first-order chi connectivity index (χ1) is 9.22. The fourth-order valence-corrected chi connectivity index (χ4v) is 2.05. The molecular weight excluding hydrogens is 234 g/mol. The van der Waals surface area contributed by atoms with Gasteiger partial charge in [-0.15, -0.1) is 0 Å². The molecule has 2 heterocycles. The van der Waals surface area contributed by atoms with E-state index in [2.05, 4.69) is 59.1 Å². The van der Waals surface area contributed by atoms with Gasteiger partial charge in [-0.3, -0.25) is 0 Å². The van der Waals surface area contributed by atoms with Crippen LogP contribution in [-0.4, -0.2) is 9.38 Å². The van der Waals surface area contributed by atoms with Crippen molar-refractivity contribution in [1.82, 2.24) is 9.38 Å². The van der Waals surface area contributed by atoms with Gasteiger partial charge < -0.3 is 9.72 Å². The van der Waals surface area contributed by atoms with Crippen LogP contribution in [0, 0.1) is 0 Å². The van der Waals surface area contributed by atoms with E-state index in [4.69, 9.17) is 0 Å². The van der Waals surface area contributed by atoms with Gasteiger partial charge in [0, 0.05) is 18.1 Å². The number of imidazole rings is 1. The van der Waals surface area contributed by atoms with Crippen molar-refractivity contribution in [2.75, 3.05) is 5.32 Å². The van der Waals surface area contributed by atoms with Crippen LogP contribution in [0.2, 0.25) is 0 Å². The zero-order valence-corrected chi connectivity index (χ0v) is 11.2. The van der Waals surface area contributed by atoms with Crippen LogP contribution in [0.15, 0.2) is 54.9 Å². The Morgan fingerprint density at radius 2 is 1.74 bits per heavy atom. The first-order valence-corrected chi connectivity index (χ1v) is 6.53. The topological polar surface area (TPSA) is 29.3 Å². The third-order valence-corrected chi connectivity index (χ3v) is 3.12. The second kappa shape index (κ2) is 4.76. The standard InChI is InChI=1S/C16H17N3/c1-12(2)15-11-19-10-14(8-9-16(19)18-15)17-13-6-4-3-5-7-13/h3-12,17H,1-2H3. The molecule has 1 aromatic carbocycles. The van der Waals surface area contributed by atoms with E-state index in [-0.39, 0.29) is 0 Å². The maximum Gasteiger partial charge on any atom is 0.137 e. The molecule has 0 radical (unpaired) electrons. The number of pyridine rings is 1. The maximum absolute atomic E-state index is 4.60. The molecule has 3 rings (SSSR count). The Morgan fingerprint density at radius 3 is 2.47 bits per heavy atom. The van der Waals surface area contributed by atoms with Gasteiger partial charge in [0.15, 0.2) is 0 Å². The van der Waals surface area contributed by atoms with Gasteiger partial charge in [-0.05, 0) is 30.2 Å². The Morgan fingerprint density at radius 1 is 0.947 bits per heavy atom. The van der Waals surface area contributed by atoms with Crippen LogP contribution in [0.3, 0.4) is 0 Å². The fraction of sp³-hybridized carbons (Fsp3) is 0.188. The van der Waals surface area contributed by atoms with Crippen molar-refractivity contribution in [3.8, 4) is 0 Å². The molecule has 0 bridgehead atoms. The van der Waals surface area contributed by atoms with E-state index in [0.717, 1.165) is 22.7 Å². The Labute approximate surface area is 112 Å². The van der Waals surface area contributed by atoms with Crippen LogP contribution in [-0.2, 0) is 0 Å². The first-order valence-electron chi connectivity index (χ1n) is 6.53. The number of fused-ring (bicyclic) bond motifs is 1. The summed E-state index contributed by atoms with van der Waals surface area (Å²) in [5.41, 5.74) is 4.26. The molecule has 0 atom stereocenters. The lowest BCUT2D eigenvalue weighted by Gasteiger charge is -2.06. The molecule has 0 amide bonds. The van der Waals surface area contributed by atoms with E-state index in [1.54, 1.807) is 0 Å². The summed E-state index contributed by atoms with van der Waals surface area (Å²) in [6.45, 7) is 4.32. The predicted molar refractivity (Wildman–Crippen MR) is 79.0 cm³/mol. The van der Waals surface area contributed by atoms with Crippen LogP contribution in [0.4, 0.5) is 11.4 Å². The van der Waals surface area contributed by atoms with Crippen LogP contribution in [0.5, 0.6) is 0 Å². The van der Waals surface area contributed by atoms with E-state index in [1.165, 1.54) is 0 Å². The summed E-state index contributed by atoms with van der Waals surface area (Å²) in [6.07, 6.45) is 4.16. The fourth-order valence-electron chi connectivity index (χ4n) is 2.05. The van der Waals surface area contributed by atoms with Crippen molar-refractivity contribution in [3.63, 3.8) is 0 Å². The summed E-state index contributed by atoms with van der Waals surface area (Å²) >= 11 is 0. The predicted octanol–water partition coefficient (Wildman–Crippen LogP) is 4.20. The highest BCUT2D eigenvalue weighted by molar-refractivity contribution is 5.60. The van der Waals surface area contributed by atoms with Crippen molar-refractivity contribution >= 4 is 17.0 Å². The van der Waals surface area contributed by atoms with Crippen LogP contribution in [0.1, 0.15) is 25.5 Å². The number of nitrogens with zero attached hydrogens (tertiary/aromatic N) is 2. The number of anilines is 2. The zero-order chi connectivity index (χ0) is 13.2. The number of rotatable bonds is 3. The Balaban J connectivity index is 1.93. The molecular formula is C16H17N3. The smallest absolute Gasteiger partial charge is 0.137 e. The van der Waals surface area contributed by atoms with Crippen LogP contribution in [0.25, 0.3) is 5.65 Å². The SMILES string of the molecule is CC(C)c1cn2cc(Nc3ccccc3)ccc2n1. The summed E-state index contributed by atoms with van der Waals surface area (Å²) < 4.78 is 2.07. The first kappa shape index (κ1) is 11.8. The van der Waals surface area contributed by atoms with Gasteiger partial charge in [0.25, 0.3) is 0 Å². The minimum Gasteiger partial charge on any atom is -0.354 e. The normalized spacial score (nSPS) is 11.1. The quantitative estimate of drug-likeness (QED) is 0.756. The Kier molecular flexibility index (Phi) is 2.95. The molecule has 2 aromatic heterocycles. The van der Waals surface area contributed by atoms with E-state index in [0.29, 0.717) is 5.92 Å². The van der Waals surface area contributed by atoms with E-state index < -0.39 is 0 Å². The van der Waals surface area contributed by atoms with Crippen molar-refractivity contribution in [1.29, 1.82) is 0 Å². The molecule has 3 heteroatoms. The lowest BCUT2D eigenvalue weighted by molar-refractivity contribution is 0.834. The highest BCUT2D eigenvalue weighted by Gasteiger charge is 2.05. The molecule has 1 N–H and O–H groups in total. The molecule has 3 aromatic rings. The second-order valence-corrected chi connectivity index (χ2v) is 4.99. The van der Waals surface area contributed by atoms with E-state index in [1.807, 2.05) is 24.3 Å². The van der Waals surface area contributed by atoms with Gasteiger partial charge >= 0.3 is 0 Å². The summed E-state index contributed by atoms with van der Waals surface area (Å²) in [4.78, 5) is 4.60. The van der Waals surface area contributed by atoms with Gasteiger partial charge in [0.1, 0.15) is 5.65 Å². The summed E-state index contributed by atoms with van der Waals surface area (Å²) in [6, 6.07) is 14.3. The Hall–Kier alpha value is -2.29. The molecule has 0 saturated carbocycles. The second-order valence-electron chi connectivity index (χ2n) is 4.99. The van der Waals surface area contributed by atoms with E-state index >= 15 is 0 Å². The molecule has 0 unspecified atom stereocenters. The average Bonchev–Trinajstić information content (AvgIpc) is 2.83. The molecule has 3 nitrogen and oxygen atoms in total. The third-order valence-electron chi connectivity index (χ3n) is 3.12. The minimum atomic E-state index is 0.449. The molecule has 19 heavy (non-hydrogen) atoms. The zero-order valence-electron chi connectivity index (χ0n) is 11.2. The average molecular weight is 251 g/mol. The van der Waals surface area contributed by atoms with Gasteiger partial charge in [-0.25, -0.2) is 4.98 Å². The molecule has 0 spiro atoms. The molecule has 0 saturated heterocycles.